The van der Waals surface area contributed by atoms with E-state index in [0.29, 0.717) is 33.0 Å². The zero-order chi connectivity index (χ0) is 16.3. The van der Waals surface area contributed by atoms with Crippen LogP contribution in [0, 0.1) is 13.8 Å². The van der Waals surface area contributed by atoms with E-state index in [1.807, 2.05) is 6.92 Å². The Labute approximate surface area is 130 Å². The number of ether oxygens (including phenoxy) is 1. The molecule has 1 amide bonds. The molecule has 118 valence electrons. The van der Waals surface area contributed by atoms with Gasteiger partial charge in [-0.25, -0.2) is 9.78 Å². The van der Waals surface area contributed by atoms with Crippen LogP contribution in [0.1, 0.15) is 34.4 Å². The molecule has 2 heterocycles. The Balaban J connectivity index is 2.19. The molecule has 0 aromatic carbocycles. The van der Waals surface area contributed by atoms with Crippen LogP contribution in [0.25, 0.3) is 10.2 Å². The fraction of sp³-hybridized carbons (Fsp3) is 0.429. The summed E-state index contributed by atoms with van der Waals surface area (Å²) in [6, 6.07) is 0. The van der Waals surface area contributed by atoms with Crippen LogP contribution in [0.3, 0.4) is 0 Å². The van der Waals surface area contributed by atoms with Crippen molar-refractivity contribution in [1.29, 1.82) is 0 Å². The number of nitrogens with zero attached hydrogens (tertiary/aromatic N) is 1. The fourth-order valence-corrected chi connectivity index (χ4v) is 3.08. The number of rotatable bonds is 5. The summed E-state index contributed by atoms with van der Waals surface area (Å²) in [4.78, 5) is 43.1. The zero-order valence-corrected chi connectivity index (χ0v) is 13.4. The maximum absolute atomic E-state index is 12.1. The summed E-state index contributed by atoms with van der Waals surface area (Å²) in [5.74, 6) is -0.484. The SMILES string of the molecule is CCCNC(=O)COC(=O)c1sc2nc(C)[nH]c(=O)c2c1C. The van der Waals surface area contributed by atoms with Crippen molar-refractivity contribution in [2.45, 2.75) is 27.2 Å². The van der Waals surface area contributed by atoms with E-state index >= 15 is 0 Å². The molecule has 0 aliphatic carbocycles. The molecule has 0 fully saturated rings. The van der Waals surface area contributed by atoms with Gasteiger partial charge in [-0.1, -0.05) is 6.92 Å². The van der Waals surface area contributed by atoms with Crippen LogP contribution < -0.4 is 10.9 Å². The van der Waals surface area contributed by atoms with Crippen LogP contribution in [0.2, 0.25) is 0 Å². The lowest BCUT2D eigenvalue weighted by molar-refractivity contribution is -0.124. The van der Waals surface area contributed by atoms with Crippen LogP contribution in [0.4, 0.5) is 0 Å². The molecule has 0 aliphatic rings. The molecule has 2 N–H and O–H groups in total. The topological polar surface area (TPSA) is 101 Å². The largest absolute Gasteiger partial charge is 0.451 e. The van der Waals surface area contributed by atoms with E-state index in [0.717, 1.165) is 17.8 Å². The first-order valence-corrected chi connectivity index (χ1v) is 7.69. The van der Waals surface area contributed by atoms with Crippen molar-refractivity contribution in [2.75, 3.05) is 13.2 Å². The van der Waals surface area contributed by atoms with Gasteiger partial charge in [-0.3, -0.25) is 9.59 Å². The number of aromatic nitrogens is 2. The van der Waals surface area contributed by atoms with Crippen molar-refractivity contribution in [3.63, 3.8) is 0 Å². The summed E-state index contributed by atoms with van der Waals surface area (Å²) in [6.45, 7) is 5.47. The second-order valence-corrected chi connectivity index (χ2v) is 5.81. The van der Waals surface area contributed by atoms with Gasteiger partial charge in [-0.2, -0.15) is 0 Å². The first kappa shape index (κ1) is 16.2. The lowest BCUT2D eigenvalue weighted by Gasteiger charge is -2.04. The van der Waals surface area contributed by atoms with Crippen molar-refractivity contribution in [3.05, 3.63) is 26.6 Å². The third-order valence-electron chi connectivity index (χ3n) is 3.01. The molecule has 0 radical (unpaired) electrons. The second-order valence-electron chi connectivity index (χ2n) is 4.81. The number of thiophene rings is 1. The summed E-state index contributed by atoms with van der Waals surface area (Å²) in [5.41, 5.74) is 0.240. The molecule has 0 spiro atoms. The molecule has 2 aromatic heterocycles. The van der Waals surface area contributed by atoms with Gasteiger partial charge < -0.3 is 15.0 Å². The van der Waals surface area contributed by atoms with Crippen molar-refractivity contribution in [1.82, 2.24) is 15.3 Å². The average molecular weight is 323 g/mol. The van der Waals surface area contributed by atoms with Crippen molar-refractivity contribution in [3.8, 4) is 0 Å². The Bertz CT molecular complexity index is 778. The quantitative estimate of drug-likeness (QED) is 0.807. The number of carbonyl (C=O) groups excluding carboxylic acids is 2. The van der Waals surface area contributed by atoms with Gasteiger partial charge in [-0.05, 0) is 25.8 Å². The molecule has 2 rings (SSSR count). The Kier molecular flexibility index (Phi) is 4.92. The number of aromatic amines is 1. The summed E-state index contributed by atoms with van der Waals surface area (Å²) < 4.78 is 4.99. The van der Waals surface area contributed by atoms with Gasteiger partial charge in [0.25, 0.3) is 11.5 Å². The zero-order valence-electron chi connectivity index (χ0n) is 12.6. The fourth-order valence-electron chi connectivity index (χ4n) is 1.96. The Morgan fingerprint density at radius 2 is 2.09 bits per heavy atom. The molecule has 0 unspecified atom stereocenters. The first-order chi connectivity index (χ1) is 10.4. The standard InChI is InChI=1S/C14H17N3O4S/c1-4-5-15-9(18)6-21-14(20)11-7(2)10-12(19)16-8(3)17-13(10)22-11/h4-6H2,1-3H3,(H,15,18)(H,16,17,19). The summed E-state index contributed by atoms with van der Waals surface area (Å²) >= 11 is 1.09. The minimum atomic E-state index is -0.621. The summed E-state index contributed by atoms with van der Waals surface area (Å²) in [5, 5.41) is 3.00. The van der Waals surface area contributed by atoms with Gasteiger partial charge in [-0.15, -0.1) is 11.3 Å². The Morgan fingerprint density at radius 1 is 1.36 bits per heavy atom. The van der Waals surface area contributed by atoms with Gasteiger partial charge in [0.15, 0.2) is 6.61 Å². The van der Waals surface area contributed by atoms with Gasteiger partial charge in [0, 0.05) is 6.54 Å². The molecular formula is C14H17N3O4S. The molecule has 0 bridgehead atoms. The van der Waals surface area contributed by atoms with Crippen LogP contribution in [-0.4, -0.2) is 35.0 Å². The third kappa shape index (κ3) is 3.33. The highest BCUT2D eigenvalue weighted by Crippen LogP contribution is 2.27. The van der Waals surface area contributed by atoms with Crippen molar-refractivity contribution < 1.29 is 14.3 Å². The smallest absolute Gasteiger partial charge is 0.349 e. The number of nitrogens with one attached hydrogen (secondary N) is 2. The van der Waals surface area contributed by atoms with Crippen molar-refractivity contribution in [2.24, 2.45) is 0 Å². The van der Waals surface area contributed by atoms with E-state index in [1.165, 1.54) is 0 Å². The average Bonchev–Trinajstić information content (AvgIpc) is 2.79. The van der Waals surface area contributed by atoms with Crippen LogP contribution in [-0.2, 0) is 9.53 Å². The molecule has 8 heteroatoms. The van der Waals surface area contributed by atoms with E-state index in [2.05, 4.69) is 15.3 Å². The molecule has 7 nitrogen and oxygen atoms in total. The molecule has 22 heavy (non-hydrogen) atoms. The summed E-state index contributed by atoms with van der Waals surface area (Å²) in [7, 11) is 0. The predicted molar refractivity (Wildman–Crippen MR) is 83.3 cm³/mol. The maximum Gasteiger partial charge on any atom is 0.349 e. The molecular weight excluding hydrogens is 306 g/mol. The third-order valence-corrected chi connectivity index (χ3v) is 4.18. The summed E-state index contributed by atoms with van der Waals surface area (Å²) in [6.07, 6.45) is 0.808. The number of hydrogen-bond donors (Lipinski definition) is 2. The van der Waals surface area contributed by atoms with Gasteiger partial charge in [0.1, 0.15) is 15.5 Å². The minimum absolute atomic E-state index is 0.281. The molecule has 0 saturated carbocycles. The van der Waals surface area contributed by atoms with E-state index in [-0.39, 0.29) is 18.1 Å². The van der Waals surface area contributed by atoms with Crippen LogP contribution >= 0.6 is 11.3 Å². The molecule has 0 aliphatic heterocycles. The van der Waals surface area contributed by atoms with Gasteiger partial charge >= 0.3 is 5.97 Å². The number of aryl methyl sites for hydroxylation is 2. The van der Waals surface area contributed by atoms with E-state index < -0.39 is 5.97 Å². The van der Waals surface area contributed by atoms with Crippen LogP contribution in [0.15, 0.2) is 4.79 Å². The van der Waals surface area contributed by atoms with E-state index in [1.54, 1.807) is 13.8 Å². The lowest BCUT2D eigenvalue weighted by atomic mass is 10.2. The number of carbonyl (C=O) groups is 2. The maximum atomic E-state index is 12.1. The van der Waals surface area contributed by atoms with Gasteiger partial charge in [0.2, 0.25) is 0 Å². The van der Waals surface area contributed by atoms with Crippen LogP contribution in [0.5, 0.6) is 0 Å². The Hall–Kier alpha value is -2.22. The highest BCUT2D eigenvalue weighted by molar-refractivity contribution is 7.20. The minimum Gasteiger partial charge on any atom is -0.451 e. The highest BCUT2D eigenvalue weighted by Gasteiger charge is 2.20. The number of amides is 1. The normalized spacial score (nSPS) is 10.7. The second kappa shape index (κ2) is 6.69. The van der Waals surface area contributed by atoms with E-state index in [9.17, 15) is 14.4 Å². The Morgan fingerprint density at radius 3 is 2.77 bits per heavy atom. The van der Waals surface area contributed by atoms with Crippen molar-refractivity contribution >= 4 is 33.4 Å². The number of H-pyrrole nitrogens is 1. The lowest BCUT2D eigenvalue weighted by Crippen LogP contribution is -2.29. The van der Waals surface area contributed by atoms with E-state index in [4.69, 9.17) is 4.74 Å². The number of hydrogen-bond acceptors (Lipinski definition) is 6. The molecule has 2 aromatic rings. The monoisotopic (exact) mass is 323 g/mol. The number of esters is 1. The van der Waals surface area contributed by atoms with Gasteiger partial charge in [0.05, 0.1) is 5.39 Å². The predicted octanol–water partition coefficient (Wildman–Crippen LogP) is 1.28. The number of fused-ring (bicyclic) bond motifs is 1. The highest BCUT2D eigenvalue weighted by atomic mass is 32.1. The molecule has 0 atom stereocenters. The first-order valence-electron chi connectivity index (χ1n) is 6.87. The molecule has 0 saturated heterocycles.